The summed E-state index contributed by atoms with van der Waals surface area (Å²) in [5.74, 6) is 0. The summed E-state index contributed by atoms with van der Waals surface area (Å²) in [5, 5.41) is 0. The largest absolute Gasteiger partial charge is 0.404 e. The molecule has 68 valence electrons. The first-order valence-corrected chi connectivity index (χ1v) is 4.28. The minimum absolute atomic E-state index is 0.853. The van der Waals surface area contributed by atoms with Crippen LogP contribution in [0.15, 0.2) is 48.3 Å². The van der Waals surface area contributed by atoms with Crippen LogP contribution in [0.1, 0.15) is 12.6 Å². The Balaban J connectivity index is 2.48. The second-order valence-corrected chi connectivity index (χ2v) is 2.84. The molecule has 0 amide bonds. The first-order chi connectivity index (χ1) is 6.33. The molecule has 0 radical (unpaired) electrons. The molecule has 2 N–H and O–H groups in total. The van der Waals surface area contributed by atoms with Crippen molar-refractivity contribution in [2.24, 2.45) is 5.73 Å². The number of pyridine rings is 1. The average Bonchev–Trinajstić information content (AvgIpc) is 2.19. The molecule has 0 aromatic carbocycles. The molecule has 0 aliphatic carbocycles. The molecule has 0 bridgehead atoms. The molecule has 13 heavy (non-hydrogen) atoms. The fraction of sp³-hybridized carbons (Fsp3) is 0.182. The standard InChI is InChI=1S/C11H14N2/c1-10(9-12)5-4-7-11-6-2-3-8-13-11/h2-6,8-9H,7,12H2,1H3/b5-4-,10-9-. The zero-order valence-corrected chi connectivity index (χ0v) is 7.77. The lowest BCUT2D eigenvalue weighted by molar-refractivity contribution is 1.11. The lowest BCUT2D eigenvalue weighted by Gasteiger charge is -1.93. The summed E-state index contributed by atoms with van der Waals surface area (Å²) in [6.07, 6.45) is 8.30. The maximum atomic E-state index is 5.32. The monoisotopic (exact) mass is 174 g/mol. The molecule has 1 heterocycles. The summed E-state index contributed by atoms with van der Waals surface area (Å²) in [6, 6.07) is 5.91. The van der Waals surface area contributed by atoms with E-state index >= 15 is 0 Å². The topological polar surface area (TPSA) is 38.9 Å². The van der Waals surface area contributed by atoms with E-state index in [-0.39, 0.29) is 0 Å². The van der Waals surface area contributed by atoms with Gasteiger partial charge in [0.1, 0.15) is 0 Å². The average molecular weight is 174 g/mol. The molecule has 0 aliphatic rings. The van der Waals surface area contributed by atoms with Gasteiger partial charge >= 0.3 is 0 Å². The van der Waals surface area contributed by atoms with Crippen LogP contribution in [-0.2, 0) is 6.42 Å². The Hall–Kier alpha value is -1.57. The molecule has 1 aromatic heterocycles. The molecule has 0 atom stereocenters. The second kappa shape index (κ2) is 5.14. The SMILES string of the molecule is CC(/C=C\Cc1ccccn1)=C/N. The number of hydrogen-bond acceptors (Lipinski definition) is 2. The lowest BCUT2D eigenvalue weighted by Crippen LogP contribution is -1.85. The highest BCUT2D eigenvalue weighted by Crippen LogP contribution is 1.98. The maximum Gasteiger partial charge on any atom is 0.0441 e. The summed E-state index contributed by atoms with van der Waals surface area (Å²) < 4.78 is 0. The van der Waals surface area contributed by atoms with Crippen molar-refractivity contribution in [3.8, 4) is 0 Å². The van der Waals surface area contributed by atoms with E-state index in [2.05, 4.69) is 11.1 Å². The van der Waals surface area contributed by atoms with Crippen molar-refractivity contribution in [2.75, 3.05) is 0 Å². The van der Waals surface area contributed by atoms with Gasteiger partial charge in [0.05, 0.1) is 0 Å². The molecular weight excluding hydrogens is 160 g/mol. The predicted octanol–water partition coefficient (Wildman–Crippen LogP) is 2.04. The molecule has 2 heteroatoms. The van der Waals surface area contributed by atoms with Crippen LogP contribution in [0.4, 0.5) is 0 Å². The fourth-order valence-corrected chi connectivity index (χ4v) is 0.940. The molecule has 0 saturated heterocycles. The summed E-state index contributed by atoms with van der Waals surface area (Å²) in [5.41, 5.74) is 7.46. The van der Waals surface area contributed by atoms with E-state index in [0.29, 0.717) is 0 Å². The fourth-order valence-electron chi connectivity index (χ4n) is 0.940. The maximum absolute atomic E-state index is 5.32. The van der Waals surface area contributed by atoms with Crippen molar-refractivity contribution >= 4 is 0 Å². The van der Waals surface area contributed by atoms with Gasteiger partial charge in [0.2, 0.25) is 0 Å². The number of hydrogen-bond donors (Lipinski definition) is 1. The van der Waals surface area contributed by atoms with Gasteiger partial charge in [0.15, 0.2) is 0 Å². The quantitative estimate of drug-likeness (QED) is 0.712. The van der Waals surface area contributed by atoms with Gasteiger partial charge in [-0.25, -0.2) is 0 Å². The summed E-state index contributed by atoms with van der Waals surface area (Å²) in [4.78, 5) is 4.20. The highest BCUT2D eigenvalue weighted by Gasteiger charge is 1.86. The Kier molecular flexibility index (Phi) is 3.76. The number of nitrogens with zero attached hydrogens (tertiary/aromatic N) is 1. The first-order valence-electron chi connectivity index (χ1n) is 4.28. The Labute approximate surface area is 78.8 Å². The molecule has 0 aliphatic heterocycles. The third-order valence-corrected chi connectivity index (χ3v) is 1.70. The molecule has 1 aromatic rings. The van der Waals surface area contributed by atoms with E-state index in [1.807, 2.05) is 31.2 Å². The van der Waals surface area contributed by atoms with Crippen LogP contribution in [-0.4, -0.2) is 4.98 Å². The molecule has 2 nitrogen and oxygen atoms in total. The van der Waals surface area contributed by atoms with Crippen LogP contribution in [0.2, 0.25) is 0 Å². The minimum atomic E-state index is 0.853. The van der Waals surface area contributed by atoms with Crippen molar-refractivity contribution in [1.29, 1.82) is 0 Å². The van der Waals surface area contributed by atoms with Crippen molar-refractivity contribution in [3.63, 3.8) is 0 Å². The van der Waals surface area contributed by atoms with Gasteiger partial charge in [-0.15, -0.1) is 0 Å². The van der Waals surface area contributed by atoms with Gasteiger partial charge in [-0.2, -0.15) is 0 Å². The van der Waals surface area contributed by atoms with E-state index in [0.717, 1.165) is 17.7 Å². The van der Waals surface area contributed by atoms with Gasteiger partial charge in [0.25, 0.3) is 0 Å². The van der Waals surface area contributed by atoms with Gasteiger partial charge < -0.3 is 5.73 Å². The molecule has 0 fully saturated rings. The van der Waals surface area contributed by atoms with E-state index in [9.17, 15) is 0 Å². The zero-order chi connectivity index (χ0) is 9.52. The van der Waals surface area contributed by atoms with Gasteiger partial charge in [-0.05, 0) is 30.8 Å². The minimum Gasteiger partial charge on any atom is -0.404 e. The van der Waals surface area contributed by atoms with Gasteiger partial charge in [0, 0.05) is 18.3 Å². The van der Waals surface area contributed by atoms with E-state index in [1.54, 1.807) is 12.4 Å². The van der Waals surface area contributed by atoms with Crippen molar-refractivity contribution in [1.82, 2.24) is 4.98 Å². The number of rotatable bonds is 3. The van der Waals surface area contributed by atoms with E-state index < -0.39 is 0 Å². The highest BCUT2D eigenvalue weighted by atomic mass is 14.7. The summed E-state index contributed by atoms with van der Waals surface area (Å²) in [7, 11) is 0. The third kappa shape index (κ3) is 3.56. The Morgan fingerprint density at radius 2 is 2.38 bits per heavy atom. The normalized spacial score (nSPS) is 12.2. The molecule has 0 saturated carbocycles. The Morgan fingerprint density at radius 3 is 3.00 bits per heavy atom. The van der Waals surface area contributed by atoms with Crippen molar-refractivity contribution in [3.05, 3.63) is 54.0 Å². The predicted molar refractivity (Wildman–Crippen MR) is 55.0 cm³/mol. The molecule has 0 unspecified atom stereocenters. The number of aromatic nitrogens is 1. The Morgan fingerprint density at radius 1 is 1.54 bits per heavy atom. The van der Waals surface area contributed by atoms with Crippen LogP contribution < -0.4 is 5.73 Å². The molecule has 0 spiro atoms. The highest BCUT2D eigenvalue weighted by molar-refractivity contribution is 5.17. The van der Waals surface area contributed by atoms with E-state index in [4.69, 9.17) is 5.73 Å². The van der Waals surface area contributed by atoms with Crippen molar-refractivity contribution < 1.29 is 0 Å². The van der Waals surface area contributed by atoms with Crippen LogP contribution in [0.25, 0.3) is 0 Å². The van der Waals surface area contributed by atoms with Crippen molar-refractivity contribution in [2.45, 2.75) is 13.3 Å². The van der Waals surface area contributed by atoms with Crippen LogP contribution in [0.5, 0.6) is 0 Å². The Bertz CT molecular complexity index is 299. The van der Waals surface area contributed by atoms with Gasteiger partial charge in [-0.3, -0.25) is 4.98 Å². The van der Waals surface area contributed by atoms with Crippen LogP contribution in [0, 0.1) is 0 Å². The zero-order valence-electron chi connectivity index (χ0n) is 7.77. The second-order valence-electron chi connectivity index (χ2n) is 2.84. The number of allylic oxidation sites excluding steroid dienone is 3. The van der Waals surface area contributed by atoms with Gasteiger partial charge in [-0.1, -0.05) is 18.2 Å². The summed E-state index contributed by atoms with van der Waals surface area (Å²) in [6.45, 7) is 1.97. The summed E-state index contributed by atoms with van der Waals surface area (Å²) >= 11 is 0. The number of nitrogens with two attached hydrogens (primary N) is 1. The van der Waals surface area contributed by atoms with E-state index in [1.165, 1.54) is 0 Å². The first kappa shape index (κ1) is 9.52. The van der Waals surface area contributed by atoms with Crippen LogP contribution >= 0.6 is 0 Å². The van der Waals surface area contributed by atoms with Crippen LogP contribution in [0.3, 0.4) is 0 Å². The smallest absolute Gasteiger partial charge is 0.0441 e. The lowest BCUT2D eigenvalue weighted by atomic mass is 10.2. The third-order valence-electron chi connectivity index (χ3n) is 1.70. The molecule has 1 rings (SSSR count). The molecular formula is C11H14N2.